The summed E-state index contributed by atoms with van der Waals surface area (Å²) in [5.41, 5.74) is 2.24. The number of benzene rings is 1. The normalized spacial score (nSPS) is 15.5. The highest BCUT2D eigenvalue weighted by Gasteiger charge is 2.38. The molecule has 0 aliphatic heterocycles. The Bertz CT molecular complexity index is 722. The summed E-state index contributed by atoms with van der Waals surface area (Å²) in [6.45, 7) is 5.20. The Balaban J connectivity index is 1.86. The molecule has 0 saturated heterocycles. The molecule has 0 unspecified atom stereocenters. The van der Waals surface area contributed by atoms with Gasteiger partial charge in [-0.25, -0.2) is 4.79 Å². The fourth-order valence-electron chi connectivity index (χ4n) is 3.70. The zero-order valence-electron chi connectivity index (χ0n) is 16.6. The molecule has 0 atom stereocenters. The van der Waals surface area contributed by atoms with E-state index in [0.717, 1.165) is 36.0 Å². The van der Waals surface area contributed by atoms with Crippen LogP contribution in [0.15, 0.2) is 12.1 Å². The molecule has 2 rings (SSSR count). The average molecular weight is 372 g/mol. The average Bonchev–Trinajstić information content (AvgIpc) is 2.65. The number of hydrogen-bond donors (Lipinski definition) is 0. The third-order valence-corrected chi connectivity index (χ3v) is 5.20. The fraction of sp³-hybridized carbons (Fsp3) is 0.571. The van der Waals surface area contributed by atoms with E-state index in [4.69, 9.17) is 9.47 Å². The maximum atomic E-state index is 12.4. The van der Waals surface area contributed by atoms with Crippen LogP contribution in [0.3, 0.4) is 0 Å². The van der Waals surface area contributed by atoms with Crippen LogP contribution < -0.4 is 4.74 Å². The lowest BCUT2D eigenvalue weighted by Gasteiger charge is -2.38. The predicted octanol–water partition coefficient (Wildman–Crippen LogP) is 3.22. The Morgan fingerprint density at radius 2 is 1.70 bits per heavy atom. The first-order chi connectivity index (χ1) is 12.8. The van der Waals surface area contributed by atoms with Gasteiger partial charge in [-0.2, -0.15) is 5.26 Å². The Labute approximate surface area is 161 Å². The molecule has 0 bridgehead atoms. The molecule has 6 heteroatoms. The van der Waals surface area contributed by atoms with Gasteiger partial charge in [-0.3, -0.25) is 4.79 Å². The molecule has 0 aromatic heterocycles. The molecule has 1 aromatic rings. The summed E-state index contributed by atoms with van der Waals surface area (Å²) >= 11 is 0. The Morgan fingerprint density at radius 3 is 2.26 bits per heavy atom. The van der Waals surface area contributed by atoms with Crippen molar-refractivity contribution < 1.29 is 19.1 Å². The third kappa shape index (κ3) is 5.00. The van der Waals surface area contributed by atoms with E-state index >= 15 is 0 Å². The number of nitriles is 1. The van der Waals surface area contributed by atoms with Crippen molar-refractivity contribution in [3.05, 3.63) is 28.8 Å². The van der Waals surface area contributed by atoms with Crippen molar-refractivity contribution >= 4 is 11.9 Å². The lowest BCUT2D eigenvalue weighted by Crippen LogP contribution is -2.51. The van der Waals surface area contributed by atoms with E-state index in [2.05, 4.69) is 6.07 Å². The molecule has 0 spiro atoms. The van der Waals surface area contributed by atoms with Crippen molar-refractivity contribution in [3.8, 4) is 11.8 Å². The van der Waals surface area contributed by atoms with Gasteiger partial charge in [-0.15, -0.1) is 0 Å². The van der Waals surface area contributed by atoms with Crippen LogP contribution in [0.1, 0.15) is 48.8 Å². The van der Waals surface area contributed by atoms with Crippen LogP contribution in [0, 0.1) is 32.1 Å². The number of ether oxygens (including phenoxy) is 2. The maximum Gasteiger partial charge on any atom is 0.344 e. The summed E-state index contributed by atoms with van der Waals surface area (Å²) in [4.78, 5) is 25.8. The summed E-state index contributed by atoms with van der Waals surface area (Å²) in [5, 5.41) is 9.55. The van der Waals surface area contributed by atoms with E-state index in [1.54, 1.807) is 7.05 Å². The van der Waals surface area contributed by atoms with Crippen LogP contribution in [-0.4, -0.2) is 42.6 Å². The third-order valence-electron chi connectivity index (χ3n) is 5.20. The molecule has 1 aliphatic carbocycles. The summed E-state index contributed by atoms with van der Waals surface area (Å²) in [6, 6.07) is 6.26. The number of nitrogens with zero attached hydrogens (tertiary/aromatic N) is 2. The summed E-state index contributed by atoms with van der Waals surface area (Å²) < 4.78 is 10.6. The van der Waals surface area contributed by atoms with Crippen molar-refractivity contribution in [2.24, 2.45) is 0 Å². The molecule has 1 amide bonds. The number of likely N-dealkylation sites (N-methyl/N-ethyl adjacent to an activating group) is 1. The first-order valence-electron chi connectivity index (χ1n) is 9.33. The highest BCUT2D eigenvalue weighted by molar-refractivity contribution is 5.81. The SMILES string of the molecule is Cc1cc(C)c(OCC(=O)OCC(=O)N(C)C2(C#N)CCCCC2)c(C)c1. The highest BCUT2D eigenvalue weighted by Crippen LogP contribution is 2.32. The minimum absolute atomic E-state index is 0.259. The van der Waals surface area contributed by atoms with Gasteiger partial charge in [0.2, 0.25) is 0 Å². The van der Waals surface area contributed by atoms with Crippen molar-refractivity contribution in [1.82, 2.24) is 4.90 Å². The Hall–Kier alpha value is -2.55. The summed E-state index contributed by atoms with van der Waals surface area (Å²) in [5.74, 6) is -0.313. The zero-order chi connectivity index (χ0) is 20.0. The van der Waals surface area contributed by atoms with E-state index in [0.29, 0.717) is 18.6 Å². The molecule has 0 heterocycles. The van der Waals surface area contributed by atoms with Gasteiger partial charge in [0.25, 0.3) is 5.91 Å². The van der Waals surface area contributed by atoms with E-state index in [1.807, 2.05) is 32.9 Å². The molecular weight excluding hydrogens is 344 g/mol. The minimum Gasteiger partial charge on any atom is -0.481 e. The largest absolute Gasteiger partial charge is 0.481 e. The molecule has 6 nitrogen and oxygen atoms in total. The first kappa shape index (κ1) is 20.8. The van der Waals surface area contributed by atoms with E-state index in [1.165, 1.54) is 4.90 Å². The molecule has 0 N–H and O–H groups in total. The topological polar surface area (TPSA) is 79.6 Å². The van der Waals surface area contributed by atoms with E-state index < -0.39 is 11.5 Å². The molecule has 27 heavy (non-hydrogen) atoms. The van der Waals surface area contributed by atoms with Crippen LogP contribution in [0.25, 0.3) is 0 Å². The minimum atomic E-state index is -0.783. The number of carbonyl (C=O) groups excluding carboxylic acids is 2. The standard InChI is InChI=1S/C21H28N2O4/c1-15-10-16(2)20(17(3)11-15)27-13-19(25)26-12-18(24)23(4)21(14-22)8-6-5-7-9-21/h10-11H,5-9,12-13H2,1-4H3. The Morgan fingerprint density at radius 1 is 1.11 bits per heavy atom. The second-order valence-corrected chi connectivity index (χ2v) is 7.33. The Kier molecular flexibility index (Phi) is 6.84. The van der Waals surface area contributed by atoms with Gasteiger partial charge >= 0.3 is 5.97 Å². The van der Waals surface area contributed by atoms with Crippen molar-refractivity contribution in [2.75, 3.05) is 20.3 Å². The number of amides is 1. The van der Waals surface area contributed by atoms with Crippen LogP contribution in [-0.2, 0) is 14.3 Å². The van der Waals surface area contributed by atoms with Gasteiger partial charge in [0.05, 0.1) is 6.07 Å². The monoisotopic (exact) mass is 372 g/mol. The van der Waals surface area contributed by atoms with Gasteiger partial charge < -0.3 is 14.4 Å². The second-order valence-electron chi connectivity index (χ2n) is 7.33. The number of hydrogen-bond acceptors (Lipinski definition) is 5. The smallest absolute Gasteiger partial charge is 0.344 e. The highest BCUT2D eigenvalue weighted by atomic mass is 16.6. The predicted molar refractivity (Wildman–Crippen MR) is 101 cm³/mol. The lowest BCUT2D eigenvalue weighted by molar-refractivity contribution is -0.155. The molecule has 1 aliphatic rings. The number of aryl methyl sites for hydroxylation is 3. The second kappa shape index (κ2) is 8.90. The molecule has 0 radical (unpaired) electrons. The first-order valence-corrected chi connectivity index (χ1v) is 9.33. The van der Waals surface area contributed by atoms with Crippen LogP contribution in [0.5, 0.6) is 5.75 Å². The lowest BCUT2D eigenvalue weighted by atomic mass is 9.81. The zero-order valence-corrected chi connectivity index (χ0v) is 16.6. The van der Waals surface area contributed by atoms with Crippen LogP contribution in [0.2, 0.25) is 0 Å². The molecule has 1 fully saturated rings. The van der Waals surface area contributed by atoms with Crippen LogP contribution >= 0.6 is 0 Å². The number of carbonyl (C=O) groups is 2. The molecular formula is C21H28N2O4. The van der Waals surface area contributed by atoms with Gasteiger partial charge in [-0.05, 0) is 44.7 Å². The van der Waals surface area contributed by atoms with Crippen LogP contribution in [0.4, 0.5) is 0 Å². The molecule has 1 aromatic carbocycles. The quantitative estimate of drug-likeness (QED) is 0.716. The van der Waals surface area contributed by atoms with Crippen molar-refractivity contribution in [1.29, 1.82) is 5.26 Å². The van der Waals surface area contributed by atoms with Gasteiger partial charge in [0.1, 0.15) is 11.3 Å². The van der Waals surface area contributed by atoms with Gasteiger partial charge in [0.15, 0.2) is 13.2 Å². The van der Waals surface area contributed by atoms with Gasteiger partial charge in [0, 0.05) is 7.05 Å². The summed E-state index contributed by atoms with van der Waals surface area (Å²) in [7, 11) is 1.61. The van der Waals surface area contributed by atoms with Crippen molar-refractivity contribution in [3.63, 3.8) is 0 Å². The summed E-state index contributed by atoms with van der Waals surface area (Å²) in [6.07, 6.45) is 4.25. The molecule has 146 valence electrons. The fourth-order valence-corrected chi connectivity index (χ4v) is 3.70. The van der Waals surface area contributed by atoms with E-state index in [-0.39, 0.29) is 19.1 Å². The van der Waals surface area contributed by atoms with Crippen molar-refractivity contribution in [2.45, 2.75) is 58.4 Å². The number of rotatable bonds is 6. The maximum absolute atomic E-state index is 12.4. The van der Waals surface area contributed by atoms with E-state index in [9.17, 15) is 14.9 Å². The molecule has 1 saturated carbocycles. The number of esters is 1. The van der Waals surface area contributed by atoms with Gasteiger partial charge in [-0.1, -0.05) is 37.0 Å².